The molecule has 2 aromatic carbocycles. The predicted octanol–water partition coefficient (Wildman–Crippen LogP) is 3.17. The van der Waals surface area contributed by atoms with Crippen LogP contribution < -0.4 is 9.54 Å². The van der Waals surface area contributed by atoms with Gasteiger partial charge in [-0.2, -0.15) is 4.99 Å². The first-order valence-corrected chi connectivity index (χ1v) is 9.61. The molecule has 0 saturated heterocycles. The normalized spacial score (nSPS) is 11.6. The summed E-state index contributed by atoms with van der Waals surface area (Å²) >= 11 is 1.40. The van der Waals surface area contributed by atoms with Crippen molar-refractivity contribution in [2.45, 2.75) is 26.8 Å². The first kappa shape index (κ1) is 19.8. The number of amides is 1. The van der Waals surface area contributed by atoms with Crippen LogP contribution >= 0.6 is 11.3 Å². The number of ether oxygens (including phenoxy) is 2. The van der Waals surface area contributed by atoms with Gasteiger partial charge in [0, 0.05) is 0 Å². The van der Waals surface area contributed by atoms with Crippen LogP contribution in [0.4, 0.5) is 0 Å². The van der Waals surface area contributed by atoms with Crippen molar-refractivity contribution in [1.82, 2.24) is 4.57 Å². The van der Waals surface area contributed by atoms with E-state index in [1.54, 1.807) is 11.7 Å². The number of rotatable bonds is 5. The molecule has 0 aliphatic rings. The summed E-state index contributed by atoms with van der Waals surface area (Å²) in [7, 11) is 2.93. The molecule has 1 aromatic heterocycles. The smallest absolute Gasteiger partial charge is 0.325 e. The van der Waals surface area contributed by atoms with Crippen molar-refractivity contribution < 1.29 is 19.1 Å². The fraction of sp³-hybridized carbons (Fsp3) is 0.286. The first-order valence-electron chi connectivity index (χ1n) is 8.79. The number of carbonyl (C=O) groups is 2. The van der Waals surface area contributed by atoms with Crippen molar-refractivity contribution in [2.24, 2.45) is 4.99 Å². The Morgan fingerprint density at radius 1 is 1.14 bits per heavy atom. The SMILES string of the molecule is COC(=O)Cn1c(=NC(=O)Cc2cccc(OC)c2)sc2c(C)cc(C)cc21. The van der Waals surface area contributed by atoms with Crippen LogP contribution in [0.3, 0.4) is 0 Å². The number of benzene rings is 2. The van der Waals surface area contributed by atoms with Crippen LogP contribution in [0.25, 0.3) is 10.2 Å². The highest BCUT2D eigenvalue weighted by Crippen LogP contribution is 2.23. The van der Waals surface area contributed by atoms with Crippen LogP contribution in [0.1, 0.15) is 16.7 Å². The molecule has 6 nitrogen and oxygen atoms in total. The molecule has 7 heteroatoms. The Morgan fingerprint density at radius 2 is 1.93 bits per heavy atom. The highest BCUT2D eigenvalue weighted by Gasteiger charge is 2.14. The summed E-state index contributed by atoms with van der Waals surface area (Å²) in [6.07, 6.45) is 0.154. The van der Waals surface area contributed by atoms with Gasteiger partial charge in [-0.1, -0.05) is 29.5 Å². The Labute approximate surface area is 167 Å². The minimum absolute atomic E-state index is 0.00463. The van der Waals surface area contributed by atoms with E-state index in [1.807, 2.05) is 44.2 Å². The van der Waals surface area contributed by atoms with Crippen LogP contribution in [0.5, 0.6) is 5.75 Å². The molecular formula is C21H22N2O4S. The maximum absolute atomic E-state index is 12.6. The summed E-state index contributed by atoms with van der Waals surface area (Å²) in [6.45, 7) is 4.01. The Morgan fingerprint density at radius 3 is 2.64 bits per heavy atom. The third-order valence-corrected chi connectivity index (χ3v) is 5.57. The van der Waals surface area contributed by atoms with Crippen molar-refractivity contribution in [3.63, 3.8) is 0 Å². The van der Waals surface area contributed by atoms with Gasteiger partial charge in [0.2, 0.25) is 0 Å². The molecule has 0 aliphatic heterocycles. The minimum Gasteiger partial charge on any atom is -0.497 e. The highest BCUT2D eigenvalue weighted by atomic mass is 32.1. The number of fused-ring (bicyclic) bond motifs is 1. The number of nitrogens with zero attached hydrogens (tertiary/aromatic N) is 2. The number of methoxy groups -OCH3 is 2. The Hall–Kier alpha value is -2.93. The lowest BCUT2D eigenvalue weighted by molar-refractivity contribution is -0.141. The van der Waals surface area contributed by atoms with Gasteiger partial charge >= 0.3 is 5.97 Å². The molecule has 3 rings (SSSR count). The monoisotopic (exact) mass is 398 g/mol. The fourth-order valence-corrected chi connectivity index (χ4v) is 4.14. The third-order valence-electron chi connectivity index (χ3n) is 4.34. The van der Waals surface area contributed by atoms with Gasteiger partial charge in [-0.05, 0) is 48.7 Å². The van der Waals surface area contributed by atoms with Crippen LogP contribution in [0.2, 0.25) is 0 Å². The van der Waals surface area contributed by atoms with Crippen LogP contribution in [0.15, 0.2) is 41.4 Å². The molecular weight excluding hydrogens is 376 g/mol. The molecule has 1 amide bonds. The first-order chi connectivity index (χ1) is 13.4. The van der Waals surface area contributed by atoms with E-state index in [0.29, 0.717) is 10.6 Å². The number of hydrogen-bond acceptors (Lipinski definition) is 5. The standard InChI is InChI=1S/C21H22N2O4S/c1-13-8-14(2)20-17(9-13)23(12-19(25)27-4)21(28-20)22-18(24)11-15-6-5-7-16(10-15)26-3/h5-10H,11-12H2,1-4H3. The lowest BCUT2D eigenvalue weighted by Gasteiger charge is -2.05. The quantitative estimate of drug-likeness (QED) is 0.619. The van der Waals surface area contributed by atoms with E-state index in [-0.39, 0.29) is 24.8 Å². The molecule has 28 heavy (non-hydrogen) atoms. The van der Waals surface area contributed by atoms with Gasteiger partial charge in [-0.15, -0.1) is 0 Å². The van der Waals surface area contributed by atoms with Gasteiger partial charge in [0.05, 0.1) is 30.9 Å². The molecule has 0 aliphatic carbocycles. The molecule has 1 heterocycles. The molecule has 0 bridgehead atoms. The third kappa shape index (κ3) is 4.31. The molecule has 0 unspecified atom stereocenters. The largest absolute Gasteiger partial charge is 0.497 e. The van der Waals surface area contributed by atoms with E-state index in [1.165, 1.54) is 18.4 Å². The summed E-state index contributed by atoms with van der Waals surface area (Å²) in [6, 6.07) is 11.4. The predicted molar refractivity (Wildman–Crippen MR) is 109 cm³/mol. The van der Waals surface area contributed by atoms with Crippen LogP contribution in [-0.4, -0.2) is 30.7 Å². The van der Waals surface area contributed by atoms with E-state index in [2.05, 4.69) is 11.1 Å². The maximum Gasteiger partial charge on any atom is 0.325 e. The van der Waals surface area contributed by atoms with Crippen molar-refractivity contribution in [2.75, 3.05) is 14.2 Å². The summed E-state index contributed by atoms with van der Waals surface area (Å²) in [4.78, 5) is 29.3. The molecule has 0 N–H and O–H groups in total. The zero-order valence-corrected chi connectivity index (χ0v) is 17.1. The van der Waals surface area contributed by atoms with Crippen molar-refractivity contribution in [3.05, 3.63) is 57.9 Å². The Kier molecular flexibility index (Phi) is 5.94. The molecule has 0 spiro atoms. The number of hydrogen-bond donors (Lipinski definition) is 0. The zero-order chi connectivity index (χ0) is 20.3. The molecule has 0 saturated carbocycles. The van der Waals surface area contributed by atoms with E-state index in [0.717, 1.165) is 26.9 Å². The second-order valence-electron chi connectivity index (χ2n) is 6.51. The topological polar surface area (TPSA) is 69.9 Å². The second kappa shape index (κ2) is 8.39. The average Bonchev–Trinajstić information content (AvgIpc) is 2.99. The van der Waals surface area contributed by atoms with Gasteiger partial charge in [-0.25, -0.2) is 0 Å². The summed E-state index contributed by atoms with van der Waals surface area (Å²) in [5, 5.41) is 0. The van der Waals surface area contributed by atoms with Gasteiger partial charge in [0.15, 0.2) is 4.80 Å². The zero-order valence-electron chi connectivity index (χ0n) is 16.3. The van der Waals surface area contributed by atoms with E-state index in [9.17, 15) is 9.59 Å². The number of thiazole rings is 1. The number of carbonyl (C=O) groups excluding carboxylic acids is 2. The molecule has 0 radical (unpaired) electrons. The van der Waals surface area contributed by atoms with Gasteiger partial charge in [0.25, 0.3) is 5.91 Å². The average molecular weight is 398 g/mol. The van der Waals surface area contributed by atoms with Crippen molar-refractivity contribution in [3.8, 4) is 5.75 Å². The molecule has 0 fully saturated rings. The summed E-state index contributed by atoms with van der Waals surface area (Å²) < 4.78 is 12.8. The molecule has 0 atom stereocenters. The molecule has 3 aromatic rings. The van der Waals surface area contributed by atoms with Crippen LogP contribution in [0, 0.1) is 13.8 Å². The highest BCUT2D eigenvalue weighted by molar-refractivity contribution is 7.16. The van der Waals surface area contributed by atoms with Gasteiger partial charge < -0.3 is 14.0 Å². The van der Waals surface area contributed by atoms with Crippen LogP contribution in [-0.2, 0) is 27.3 Å². The number of esters is 1. The lowest BCUT2D eigenvalue weighted by atomic mass is 10.1. The summed E-state index contributed by atoms with van der Waals surface area (Å²) in [5.74, 6) is 0.0207. The van der Waals surface area contributed by atoms with Crippen molar-refractivity contribution in [1.29, 1.82) is 0 Å². The summed E-state index contributed by atoms with van der Waals surface area (Å²) in [5.41, 5.74) is 3.86. The second-order valence-corrected chi connectivity index (χ2v) is 7.49. The van der Waals surface area contributed by atoms with E-state index >= 15 is 0 Å². The Bertz CT molecular complexity index is 1110. The molecule has 146 valence electrons. The Balaban J connectivity index is 2.04. The van der Waals surface area contributed by atoms with Gasteiger partial charge in [0.1, 0.15) is 12.3 Å². The number of aryl methyl sites for hydroxylation is 2. The van der Waals surface area contributed by atoms with Gasteiger partial charge in [-0.3, -0.25) is 9.59 Å². The lowest BCUT2D eigenvalue weighted by Crippen LogP contribution is -2.22. The van der Waals surface area contributed by atoms with E-state index < -0.39 is 0 Å². The fourth-order valence-electron chi connectivity index (χ4n) is 3.05. The van der Waals surface area contributed by atoms with E-state index in [4.69, 9.17) is 9.47 Å². The number of aromatic nitrogens is 1. The minimum atomic E-state index is -0.388. The van der Waals surface area contributed by atoms with Crippen molar-refractivity contribution >= 4 is 33.4 Å². The maximum atomic E-state index is 12.6.